The Morgan fingerprint density at radius 2 is 1.95 bits per heavy atom. The lowest BCUT2D eigenvalue weighted by Gasteiger charge is -2.22. The Morgan fingerprint density at radius 1 is 1.21 bits per heavy atom. The molecule has 2 aromatic rings. The van der Waals surface area contributed by atoms with E-state index in [-0.39, 0.29) is 5.82 Å². The van der Waals surface area contributed by atoms with E-state index in [0.717, 1.165) is 11.4 Å². The molecule has 0 heterocycles. The molecular formula is C15H17FN2O. The van der Waals surface area contributed by atoms with Gasteiger partial charge in [-0.25, -0.2) is 4.39 Å². The largest absolute Gasteiger partial charge is 0.495 e. The van der Waals surface area contributed by atoms with E-state index in [1.54, 1.807) is 19.2 Å². The summed E-state index contributed by atoms with van der Waals surface area (Å²) < 4.78 is 19.1. The van der Waals surface area contributed by atoms with Gasteiger partial charge in [0.25, 0.3) is 0 Å². The Morgan fingerprint density at radius 3 is 2.63 bits per heavy atom. The van der Waals surface area contributed by atoms with Crippen LogP contribution in [0.4, 0.5) is 15.8 Å². The number of nitrogens with two attached hydrogens (primary N) is 1. The summed E-state index contributed by atoms with van der Waals surface area (Å²) >= 11 is 0. The van der Waals surface area contributed by atoms with Crippen molar-refractivity contribution in [1.29, 1.82) is 0 Å². The molecule has 0 aromatic heterocycles. The van der Waals surface area contributed by atoms with Crippen molar-refractivity contribution in [2.75, 3.05) is 24.8 Å². The molecule has 19 heavy (non-hydrogen) atoms. The number of methoxy groups -OCH3 is 1. The third-order valence-corrected chi connectivity index (χ3v) is 2.98. The van der Waals surface area contributed by atoms with E-state index >= 15 is 0 Å². The minimum Gasteiger partial charge on any atom is -0.495 e. The highest BCUT2D eigenvalue weighted by molar-refractivity contribution is 5.58. The molecule has 2 N–H and O–H groups in total. The summed E-state index contributed by atoms with van der Waals surface area (Å²) in [4.78, 5) is 1.94. The average molecular weight is 260 g/mol. The number of nitrogens with zero attached hydrogens (tertiary/aromatic N) is 1. The van der Waals surface area contributed by atoms with Crippen LogP contribution in [0.5, 0.6) is 5.75 Å². The molecular weight excluding hydrogens is 243 g/mol. The molecule has 0 aliphatic heterocycles. The highest BCUT2D eigenvalue weighted by Crippen LogP contribution is 2.28. The third kappa shape index (κ3) is 2.96. The average Bonchev–Trinajstić information content (AvgIpc) is 2.41. The highest BCUT2D eigenvalue weighted by atomic mass is 19.1. The summed E-state index contributed by atoms with van der Waals surface area (Å²) in [7, 11) is 3.52. The van der Waals surface area contributed by atoms with Gasteiger partial charge >= 0.3 is 0 Å². The quantitative estimate of drug-likeness (QED) is 0.859. The van der Waals surface area contributed by atoms with Gasteiger partial charge in [-0.2, -0.15) is 0 Å². The van der Waals surface area contributed by atoms with Crippen molar-refractivity contribution in [2.24, 2.45) is 0 Å². The topological polar surface area (TPSA) is 38.5 Å². The van der Waals surface area contributed by atoms with Crippen LogP contribution in [-0.2, 0) is 6.54 Å². The second kappa shape index (κ2) is 5.61. The second-order valence-electron chi connectivity index (χ2n) is 4.38. The lowest BCUT2D eigenvalue weighted by molar-refractivity contribution is 0.414. The first-order valence-electron chi connectivity index (χ1n) is 6.00. The fraction of sp³-hybridized carbons (Fsp3) is 0.200. The van der Waals surface area contributed by atoms with Gasteiger partial charge in [-0.3, -0.25) is 0 Å². The number of rotatable bonds is 4. The number of hydrogen-bond donors (Lipinski definition) is 1. The van der Waals surface area contributed by atoms with Crippen LogP contribution in [0, 0.1) is 5.82 Å². The summed E-state index contributed by atoms with van der Waals surface area (Å²) in [6, 6.07) is 12.4. The molecule has 0 radical (unpaired) electrons. The van der Waals surface area contributed by atoms with E-state index in [1.165, 1.54) is 6.07 Å². The molecule has 0 saturated heterocycles. The zero-order valence-corrected chi connectivity index (χ0v) is 11.1. The van der Waals surface area contributed by atoms with Gasteiger partial charge in [-0.15, -0.1) is 0 Å². The normalized spacial score (nSPS) is 10.3. The summed E-state index contributed by atoms with van der Waals surface area (Å²) in [5.74, 6) is 0.475. The van der Waals surface area contributed by atoms with Crippen molar-refractivity contribution in [3.05, 3.63) is 53.8 Å². The molecule has 0 aliphatic carbocycles. The maximum absolute atomic E-state index is 13.8. The van der Waals surface area contributed by atoms with Gasteiger partial charge in [0.05, 0.1) is 12.8 Å². The van der Waals surface area contributed by atoms with Crippen molar-refractivity contribution < 1.29 is 9.13 Å². The van der Waals surface area contributed by atoms with E-state index < -0.39 is 0 Å². The first-order chi connectivity index (χ1) is 9.11. The zero-order valence-electron chi connectivity index (χ0n) is 11.1. The number of anilines is 2. The SMILES string of the molecule is COc1ccccc1N(C)Cc1ccc(N)cc1F. The molecule has 4 heteroatoms. The monoisotopic (exact) mass is 260 g/mol. The molecule has 0 aliphatic rings. The van der Waals surface area contributed by atoms with Crippen molar-refractivity contribution in [2.45, 2.75) is 6.54 Å². The van der Waals surface area contributed by atoms with E-state index in [1.807, 2.05) is 36.2 Å². The standard InChI is InChI=1S/C15H17FN2O/c1-18(14-5-3-4-6-15(14)19-2)10-11-7-8-12(17)9-13(11)16/h3-9H,10,17H2,1-2H3. The fourth-order valence-electron chi connectivity index (χ4n) is 1.98. The highest BCUT2D eigenvalue weighted by Gasteiger charge is 2.10. The molecule has 100 valence electrons. The zero-order chi connectivity index (χ0) is 13.8. The molecule has 2 aromatic carbocycles. The van der Waals surface area contributed by atoms with Crippen LogP contribution in [0.15, 0.2) is 42.5 Å². The lowest BCUT2D eigenvalue weighted by atomic mass is 10.1. The Labute approximate surface area is 112 Å². The minimum absolute atomic E-state index is 0.290. The van der Waals surface area contributed by atoms with Crippen LogP contribution in [-0.4, -0.2) is 14.2 Å². The predicted molar refractivity (Wildman–Crippen MR) is 75.9 cm³/mol. The van der Waals surface area contributed by atoms with Crippen LogP contribution in [0.2, 0.25) is 0 Å². The van der Waals surface area contributed by atoms with E-state index in [0.29, 0.717) is 17.8 Å². The van der Waals surface area contributed by atoms with Gasteiger partial charge < -0.3 is 15.4 Å². The van der Waals surface area contributed by atoms with Gasteiger partial charge in [0, 0.05) is 24.8 Å². The van der Waals surface area contributed by atoms with Gasteiger partial charge in [-0.05, 0) is 24.3 Å². The molecule has 0 fully saturated rings. The number of benzene rings is 2. The van der Waals surface area contributed by atoms with Crippen LogP contribution in [0.25, 0.3) is 0 Å². The molecule has 0 bridgehead atoms. The Kier molecular flexibility index (Phi) is 3.90. The summed E-state index contributed by atoms with van der Waals surface area (Å²) in [5, 5.41) is 0. The Balaban J connectivity index is 2.23. The van der Waals surface area contributed by atoms with Crippen LogP contribution >= 0.6 is 0 Å². The number of hydrogen-bond acceptors (Lipinski definition) is 3. The second-order valence-corrected chi connectivity index (χ2v) is 4.38. The van der Waals surface area contributed by atoms with E-state index in [2.05, 4.69) is 0 Å². The van der Waals surface area contributed by atoms with E-state index in [4.69, 9.17) is 10.5 Å². The van der Waals surface area contributed by atoms with Crippen LogP contribution < -0.4 is 15.4 Å². The van der Waals surface area contributed by atoms with Gasteiger partial charge in [0.15, 0.2) is 0 Å². The predicted octanol–water partition coefficient (Wildman–Crippen LogP) is 3.05. The molecule has 0 atom stereocenters. The Bertz CT molecular complexity index is 572. The maximum Gasteiger partial charge on any atom is 0.142 e. The van der Waals surface area contributed by atoms with Crippen molar-refractivity contribution >= 4 is 11.4 Å². The number of para-hydroxylation sites is 2. The Hall–Kier alpha value is -2.23. The maximum atomic E-state index is 13.8. The summed E-state index contributed by atoms with van der Waals surface area (Å²) in [6.07, 6.45) is 0. The van der Waals surface area contributed by atoms with Crippen molar-refractivity contribution in [1.82, 2.24) is 0 Å². The molecule has 0 unspecified atom stereocenters. The summed E-state index contributed by atoms with van der Waals surface area (Å²) in [6.45, 7) is 0.451. The number of ether oxygens (including phenoxy) is 1. The first-order valence-corrected chi connectivity index (χ1v) is 6.00. The van der Waals surface area contributed by atoms with Crippen molar-refractivity contribution in [3.63, 3.8) is 0 Å². The van der Waals surface area contributed by atoms with Crippen LogP contribution in [0.3, 0.4) is 0 Å². The molecule has 0 spiro atoms. The smallest absolute Gasteiger partial charge is 0.142 e. The summed E-state index contributed by atoms with van der Waals surface area (Å²) in [5.41, 5.74) is 7.49. The fourth-order valence-corrected chi connectivity index (χ4v) is 1.98. The number of nitrogen functional groups attached to an aromatic ring is 1. The van der Waals surface area contributed by atoms with Crippen molar-refractivity contribution in [3.8, 4) is 5.75 Å². The van der Waals surface area contributed by atoms with Crippen LogP contribution in [0.1, 0.15) is 5.56 Å². The lowest BCUT2D eigenvalue weighted by Crippen LogP contribution is -2.18. The molecule has 0 saturated carbocycles. The van der Waals surface area contributed by atoms with Gasteiger partial charge in [-0.1, -0.05) is 18.2 Å². The third-order valence-electron chi connectivity index (χ3n) is 2.98. The van der Waals surface area contributed by atoms with E-state index in [9.17, 15) is 4.39 Å². The van der Waals surface area contributed by atoms with Gasteiger partial charge in [0.2, 0.25) is 0 Å². The first kappa shape index (κ1) is 13.2. The molecule has 2 rings (SSSR count). The minimum atomic E-state index is -0.290. The van der Waals surface area contributed by atoms with Gasteiger partial charge in [0.1, 0.15) is 11.6 Å². The molecule has 3 nitrogen and oxygen atoms in total. The molecule has 0 amide bonds. The number of halogens is 1.